The zero-order valence-electron chi connectivity index (χ0n) is 14.9. The van der Waals surface area contributed by atoms with Gasteiger partial charge in [0.2, 0.25) is 5.91 Å². The minimum Gasteiger partial charge on any atom is -0.495 e. The number of anilines is 1. The molecule has 0 aliphatic carbocycles. The third kappa shape index (κ3) is 4.86. The molecular weight excluding hydrogens is 368 g/mol. The van der Waals surface area contributed by atoms with Gasteiger partial charge in [-0.05, 0) is 29.8 Å². The molecule has 4 nitrogen and oxygen atoms in total. The van der Waals surface area contributed by atoms with E-state index in [1.165, 1.54) is 5.56 Å². The molecule has 1 heterocycles. The van der Waals surface area contributed by atoms with E-state index in [1.807, 2.05) is 47.4 Å². The molecule has 2 aromatic carbocycles. The van der Waals surface area contributed by atoms with Crippen molar-refractivity contribution < 1.29 is 9.53 Å². The van der Waals surface area contributed by atoms with Gasteiger partial charge in [-0.2, -0.15) is 0 Å². The molecule has 26 heavy (non-hydrogen) atoms. The molecule has 0 aromatic heterocycles. The van der Waals surface area contributed by atoms with Crippen molar-refractivity contribution in [2.24, 2.45) is 0 Å². The predicted octanol–water partition coefficient (Wildman–Crippen LogP) is 3.93. The van der Waals surface area contributed by atoms with Crippen molar-refractivity contribution in [1.82, 2.24) is 4.90 Å². The van der Waals surface area contributed by atoms with Gasteiger partial charge in [-0.1, -0.05) is 35.9 Å². The van der Waals surface area contributed by atoms with Crippen LogP contribution >= 0.6 is 23.4 Å². The second kappa shape index (κ2) is 9.19. The zero-order valence-corrected chi connectivity index (χ0v) is 16.4. The number of rotatable bonds is 6. The Morgan fingerprint density at radius 3 is 2.46 bits per heavy atom. The number of nitrogens with zero attached hydrogens (tertiary/aromatic N) is 2. The molecular formula is C20H23ClN2O2S. The largest absolute Gasteiger partial charge is 0.495 e. The second-order valence-corrected chi connectivity index (χ2v) is 7.58. The van der Waals surface area contributed by atoms with Crippen molar-refractivity contribution in [3.05, 3.63) is 59.1 Å². The maximum absolute atomic E-state index is 12.4. The Bertz CT molecular complexity index is 731. The minimum absolute atomic E-state index is 0.212. The average molecular weight is 391 g/mol. The quantitative estimate of drug-likeness (QED) is 0.748. The number of para-hydroxylation sites is 2. The van der Waals surface area contributed by atoms with E-state index in [4.69, 9.17) is 16.3 Å². The SMILES string of the molecule is COc1ccccc1N1CCN(C(=O)CSCc2ccc(Cl)cc2)CC1. The minimum atomic E-state index is 0.212. The van der Waals surface area contributed by atoms with Crippen LogP contribution in [0, 0.1) is 0 Å². The lowest BCUT2D eigenvalue weighted by atomic mass is 10.2. The van der Waals surface area contributed by atoms with Gasteiger partial charge in [0.25, 0.3) is 0 Å². The lowest BCUT2D eigenvalue weighted by Crippen LogP contribution is -2.49. The van der Waals surface area contributed by atoms with Gasteiger partial charge in [0.05, 0.1) is 18.6 Å². The fourth-order valence-corrected chi connectivity index (χ4v) is 4.03. The highest BCUT2D eigenvalue weighted by Crippen LogP contribution is 2.28. The zero-order chi connectivity index (χ0) is 18.4. The number of methoxy groups -OCH3 is 1. The standard InChI is InChI=1S/C20H23ClN2O2S/c1-25-19-5-3-2-4-18(19)22-10-12-23(13-11-22)20(24)15-26-14-16-6-8-17(21)9-7-16/h2-9H,10-15H2,1H3. The summed E-state index contributed by atoms with van der Waals surface area (Å²) in [6, 6.07) is 15.8. The van der Waals surface area contributed by atoms with Gasteiger partial charge in [0.15, 0.2) is 0 Å². The van der Waals surface area contributed by atoms with Crippen LogP contribution < -0.4 is 9.64 Å². The van der Waals surface area contributed by atoms with Crippen LogP contribution in [0.4, 0.5) is 5.69 Å². The Labute approximate surface area is 164 Å². The number of ether oxygens (including phenoxy) is 1. The molecule has 0 bridgehead atoms. The number of piperazine rings is 1. The van der Waals surface area contributed by atoms with E-state index in [-0.39, 0.29) is 5.91 Å². The lowest BCUT2D eigenvalue weighted by Gasteiger charge is -2.36. The number of carbonyl (C=O) groups excluding carboxylic acids is 1. The third-order valence-corrected chi connectivity index (χ3v) is 5.71. The Morgan fingerprint density at radius 1 is 1.08 bits per heavy atom. The van der Waals surface area contributed by atoms with Crippen molar-refractivity contribution in [1.29, 1.82) is 0 Å². The van der Waals surface area contributed by atoms with Gasteiger partial charge >= 0.3 is 0 Å². The average Bonchev–Trinajstić information content (AvgIpc) is 2.69. The molecule has 6 heteroatoms. The Kier molecular flexibility index (Phi) is 6.69. The Balaban J connectivity index is 1.45. The Morgan fingerprint density at radius 2 is 1.77 bits per heavy atom. The van der Waals surface area contributed by atoms with E-state index in [9.17, 15) is 4.79 Å². The molecule has 138 valence electrons. The summed E-state index contributed by atoms with van der Waals surface area (Å²) in [5, 5.41) is 0.739. The summed E-state index contributed by atoms with van der Waals surface area (Å²) in [4.78, 5) is 16.7. The van der Waals surface area contributed by atoms with Crippen LogP contribution in [0.1, 0.15) is 5.56 Å². The van der Waals surface area contributed by atoms with Crippen LogP contribution in [0.2, 0.25) is 5.02 Å². The van der Waals surface area contributed by atoms with Crippen LogP contribution in [-0.2, 0) is 10.5 Å². The van der Waals surface area contributed by atoms with Gasteiger partial charge in [-0.3, -0.25) is 4.79 Å². The highest BCUT2D eigenvalue weighted by Gasteiger charge is 2.22. The van der Waals surface area contributed by atoms with Crippen LogP contribution in [0.3, 0.4) is 0 Å². The summed E-state index contributed by atoms with van der Waals surface area (Å²) in [5.74, 6) is 2.43. The molecule has 0 atom stereocenters. The first-order chi connectivity index (χ1) is 12.7. The van der Waals surface area contributed by atoms with Crippen molar-refractivity contribution in [2.45, 2.75) is 5.75 Å². The van der Waals surface area contributed by atoms with Crippen LogP contribution in [0.5, 0.6) is 5.75 Å². The Hall–Kier alpha value is -1.85. The van der Waals surface area contributed by atoms with E-state index in [0.29, 0.717) is 5.75 Å². The van der Waals surface area contributed by atoms with Crippen molar-refractivity contribution in [3.8, 4) is 5.75 Å². The third-order valence-electron chi connectivity index (χ3n) is 4.47. The summed E-state index contributed by atoms with van der Waals surface area (Å²) in [6.45, 7) is 3.15. The maximum Gasteiger partial charge on any atom is 0.232 e. The molecule has 1 amide bonds. The van der Waals surface area contributed by atoms with E-state index < -0.39 is 0 Å². The van der Waals surface area contributed by atoms with Gasteiger partial charge in [-0.25, -0.2) is 0 Å². The summed E-state index contributed by atoms with van der Waals surface area (Å²) in [6.07, 6.45) is 0. The predicted molar refractivity (Wildman–Crippen MR) is 109 cm³/mol. The maximum atomic E-state index is 12.4. The summed E-state index contributed by atoms with van der Waals surface area (Å²) < 4.78 is 5.44. The molecule has 1 aliphatic rings. The van der Waals surface area contributed by atoms with Gasteiger partial charge < -0.3 is 14.5 Å². The first-order valence-electron chi connectivity index (χ1n) is 8.65. The first kappa shape index (κ1) is 18.9. The number of hydrogen-bond donors (Lipinski definition) is 0. The van der Waals surface area contributed by atoms with Gasteiger partial charge in [-0.15, -0.1) is 11.8 Å². The molecule has 3 rings (SSSR count). The van der Waals surface area contributed by atoms with E-state index in [0.717, 1.165) is 48.4 Å². The second-order valence-electron chi connectivity index (χ2n) is 6.16. The fourth-order valence-electron chi connectivity index (χ4n) is 3.02. The van der Waals surface area contributed by atoms with E-state index in [2.05, 4.69) is 11.0 Å². The lowest BCUT2D eigenvalue weighted by molar-refractivity contribution is -0.128. The van der Waals surface area contributed by atoms with E-state index >= 15 is 0 Å². The molecule has 1 fully saturated rings. The molecule has 1 aliphatic heterocycles. The molecule has 0 radical (unpaired) electrons. The van der Waals surface area contributed by atoms with Crippen LogP contribution in [0.15, 0.2) is 48.5 Å². The highest BCUT2D eigenvalue weighted by molar-refractivity contribution is 7.99. The molecule has 0 unspecified atom stereocenters. The number of thioether (sulfide) groups is 1. The van der Waals surface area contributed by atoms with Gasteiger partial charge in [0.1, 0.15) is 5.75 Å². The van der Waals surface area contributed by atoms with E-state index in [1.54, 1.807) is 18.9 Å². The van der Waals surface area contributed by atoms with Crippen molar-refractivity contribution in [3.63, 3.8) is 0 Å². The summed E-state index contributed by atoms with van der Waals surface area (Å²) in [7, 11) is 1.69. The highest BCUT2D eigenvalue weighted by atomic mass is 35.5. The van der Waals surface area contributed by atoms with Gasteiger partial charge in [0, 0.05) is 37.0 Å². The smallest absolute Gasteiger partial charge is 0.232 e. The monoisotopic (exact) mass is 390 g/mol. The molecule has 2 aromatic rings. The summed E-state index contributed by atoms with van der Waals surface area (Å²) in [5.41, 5.74) is 2.28. The van der Waals surface area contributed by atoms with Crippen molar-refractivity contribution >= 4 is 35.0 Å². The number of benzene rings is 2. The number of amides is 1. The molecule has 1 saturated heterocycles. The van der Waals surface area contributed by atoms with Crippen LogP contribution in [-0.4, -0.2) is 49.8 Å². The number of hydrogen-bond acceptors (Lipinski definition) is 4. The normalized spacial score (nSPS) is 14.4. The topological polar surface area (TPSA) is 32.8 Å². The molecule has 0 N–H and O–H groups in total. The first-order valence-corrected chi connectivity index (χ1v) is 10.2. The van der Waals surface area contributed by atoms with Crippen molar-refractivity contribution in [2.75, 3.05) is 43.9 Å². The molecule has 0 spiro atoms. The molecule has 0 saturated carbocycles. The number of carbonyl (C=O) groups is 1. The van der Waals surface area contributed by atoms with Crippen LogP contribution in [0.25, 0.3) is 0 Å². The number of halogens is 1. The fraction of sp³-hybridized carbons (Fsp3) is 0.350. The summed E-state index contributed by atoms with van der Waals surface area (Å²) >= 11 is 7.54.